The zero-order valence-corrected chi connectivity index (χ0v) is 22.0. The molecule has 2 aromatic carbocycles. The largest absolute Gasteiger partial charge is 0.497 e. The summed E-state index contributed by atoms with van der Waals surface area (Å²) < 4.78 is 68.6. The molecule has 0 spiro atoms. The van der Waals surface area contributed by atoms with Gasteiger partial charge in [0.2, 0.25) is 26.0 Å². The summed E-state index contributed by atoms with van der Waals surface area (Å²) in [6.45, 7) is 3.07. The minimum atomic E-state index is -3.76. The molecule has 3 rings (SSSR count). The van der Waals surface area contributed by atoms with E-state index < -0.39 is 32.0 Å². The Morgan fingerprint density at radius 3 is 2.36 bits per heavy atom. The van der Waals surface area contributed by atoms with Crippen LogP contribution in [0.25, 0.3) is 0 Å². The van der Waals surface area contributed by atoms with Gasteiger partial charge in [0.25, 0.3) is 0 Å². The van der Waals surface area contributed by atoms with Crippen LogP contribution in [0.3, 0.4) is 0 Å². The molecule has 0 unspecified atom stereocenters. The predicted molar refractivity (Wildman–Crippen MR) is 134 cm³/mol. The summed E-state index contributed by atoms with van der Waals surface area (Å²) in [5.41, 5.74) is 0.308. The highest BCUT2D eigenvalue weighted by atomic mass is 32.2. The lowest BCUT2D eigenvalue weighted by Crippen LogP contribution is -2.48. The first-order valence-electron chi connectivity index (χ1n) is 11.3. The Kier molecular flexibility index (Phi) is 9.17. The smallest absolute Gasteiger partial charge is 0.243 e. The molecule has 0 saturated carbocycles. The van der Waals surface area contributed by atoms with E-state index in [1.54, 1.807) is 30.3 Å². The van der Waals surface area contributed by atoms with Gasteiger partial charge in [0.15, 0.2) is 0 Å². The maximum absolute atomic E-state index is 12.7. The van der Waals surface area contributed by atoms with Crippen molar-refractivity contribution in [3.63, 3.8) is 0 Å². The van der Waals surface area contributed by atoms with E-state index in [4.69, 9.17) is 14.2 Å². The molecule has 1 aliphatic rings. The maximum Gasteiger partial charge on any atom is 0.243 e. The van der Waals surface area contributed by atoms with Crippen molar-refractivity contribution in [1.29, 1.82) is 0 Å². The molecule has 11 nitrogen and oxygen atoms in total. The zero-order valence-electron chi connectivity index (χ0n) is 20.4. The quantitative estimate of drug-likeness (QED) is 0.418. The second-order valence-corrected chi connectivity index (χ2v) is 11.9. The molecule has 0 aromatic heterocycles. The number of anilines is 1. The van der Waals surface area contributed by atoms with Crippen molar-refractivity contribution < 1.29 is 35.8 Å². The molecule has 2 aromatic rings. The van der Waals surface area contributed by atoms with Gasteiger partial charge >= 0.3 is 0 Å². The van der Waals surface area contributed by atoms with Crippen LogP contribution < -0.4 is 19.1 Å². The summed E-state index contributed by atoms with van der Waals surface area (Å²) in [5.74, 6) is 0.400. The van der Waals surface area contributed by atoms with Crippen LogP contribution in [0.5, 0.6) is 11.5 Å². The van der Waals surface area contributed by atoms with Crippen LogP contribution in [0.1, 0.15) is 6.92 Å². The van der Waals surface area contributed by atoms with Crippen LogP contribution in [0.15, 0.2) is 53.4 Å². The number of rotatable bonds is 11. The van der Waals surface area contributed by atoms with Crippen LogP contribution >= 0.6 is 0 Å². The van der Waals surface area contributed by atoms with Crippen molar-refractivity contribution >= 4 is 31.6 Å². The Morgan fingerprint density at radius 1 is 1.08 bits per heavy atom. The molecule has 1 aliphatic heterocycles. The van der Waals surface area contributed by atoms with Crippen LogP contribution in [0.2, 0.25) is 0 Å². The van der Waals surface area contributed by atoms with Crippen LogP contribution in [-0.4, -0.2) is 85.9 Å². The fraction of sp³-hybridized carbons (Fsp3) is 0.435. The third kappa shape index (κ3) is 6.87. The van der Waals surface area contributed by atoms with Gasteiger partial charge in [0.05, 0.1) is 43.7 Å². The highest BCUT2D eigenvalue weighted by molar-refractivity contribution is 7.92. The standard InChI is InChI=1S/C23H31N3O8S2/c1-18(26(35(3,28)29)19-5-4-6-21(17-19)32-2)23(27)24-11-14-34-20-7-9-22(10-8-20)36(30,31)25-12-15-33-16-13-25/h4-10,17-18H,11-16H2,1-3H3,(H,24,27)/t18-/m0/s1. The molecule has 1 saturated heterocycles. The molecule has 0 bridgehead atoms. The Bertz CT molecular complexity index is 1240. The third-order valence-corrected chi connectivity index (χ3v) is 8.65. The zero-order chi connectivity index (χ0) is 26.3. The van der Waals surface area contributed by atoms with Crippen LogP contribution in [-0.2, 0) is 29.6 Å². The number of carbonyl (C=O) groups is 1. The number of ether oxygens (including phenoxy) is 3. The second-order valence-electron chi connectivity index (χ2n) is 8.06. The summed E-state index contributed by atoms with van der Waals surface area (Å²) in [7, 11) is -5.88. The number of methoxy groups -OCH3 is 1. The fourth-order valence-electron chi connectivity index (χ4n) is 3.69. The number of sulfonamides is 2. The lowest BCUT2D eigenvalue weighted by atomic mass is 10.2. The van der Waals surface area contributed by atoms with Crippen molar-refractivity contribution in [2.75, 3.05) is 57.1 Å². The first kappa shape index (κ1) is 27.7. The van der Waals surface area contributed by atoms with Crippen molar-refractivity contribution in [2.45, 2.75) is 17.9 Å². The van der Waals surface area contributed by atoms with Gasteiger partial charge in [-0.1, -0.05) is 6.07 Å². The van der Waals surface area contributed by atoms with Crippen molar-refractivity contribution in [2.24, 2.45) is 0 Å². The van der Waals surface area contributed by atoms with Crippen molar-refractivity contribution in [1.82, 2.24) is 9.62 Å². The predicted octanol–water partition coefficient (Wildman–Crippen LogP) is 1.07. The van der Waals surface area contributed by atoms with Gasteiger partial charge in [0, 0.05) is 19.2 Å². The summed E-state index contributed by atoms with van der Waals surface area (Å²) in [6, 6.07) is 11.5. The number of benzene rings is 2. The molecule has 13 heteroatoms. The molecule has 36 heavy (non-hydrogen) atoms. The SMILES string of the molecule is COc1cccc(N([C@@H](C)C(=O)NCCOc2ccc(S(=O)(=O)N3CCOCC3)cc2)S(C)(=O)=O)c1. The van der Waals surface area contributed by atoms with E-state index in [0.29, 0.717) is 43.5 Å². The lowest BCUT2D eigenvalue weighted by molar-refractivity contribution is -0.121. The molecule has 0 radical (unpaired) electrons. The number of morpholine rings is 1. The van der Waals surface area contributed by atoms with Gasteiger partial charge in [-0.2, -0.15) is 4.31 Å². The van der Waals surface area contributed by atoms with Gasteiger partial charge in [0.1, 0.15) is 24.1 Å². The number of nitrogens with one attached hydrogen (secondary N) is 1. The van der Waals surface area contributed by atoms with Gasteiger partial charge in [-0.15, -0.1) is 0 Å². The van der Waals surface area contributed by atoms with Gasteiger partial charge < -0.3 is 19.5 Å². The molecular weight excluding hydrogens is 510 g/mol. The van der Waals surface area contributed by atoms with E-state index in [9.17, 15) is 21.6 Å². The molecule has 1 fully saturated rings. The summed E-state index contributed by atoms with van der Waals surface area (Å²) in [4.78, 5) is 12.9. The summed E-state index contributed by atoms with van der Waals surface area (Å²) in [6.07, 6.45) is 1.03. The fourth-order valence-corrected chi connectivity index (χ4v) is 6.27. The van der Waals surface area contributed by atoms with Gasteiger partial charge in [-0.05, 0) is 43.3 Å². The Morgan fingerprint density at radius 2 is 1.75 bits per heavy atom. The maximum atomic E-state index is 12.7. The number of carbonyl (C=O) groups excluding carboxylic acids is 1. The van der Waals surface area contributed by atoms with E-state index in [-0.39, 0.29) is 18.0 Å². The Hall–Kier alpha value is -2.87. The van der Waals surface area contributed by atoms with E-state index >= 15 is 0 Å². The summed E-state index contributed by atoms with van der Waals surface area (Å²) >= 11 is 0. The highest BCUT2D eigenvalue weighted by Gasteiger charge is 2.29. The Labute approximate surface area is 212 Å². The molecule has 1 amide bonds. The molecule has 1 N–H and O–H groups in total. The minimum Gasteiger partial charge on any atom is -0.497 e. The van der Waals surface area contributed by atoms with E-state index in [1.165, 1.54) is 36.5 Å². The monoisotopic (exact) mass is 541 g/mol. The van der Waals surface area contributed by atoms with Crippen LogP contribution in [0, 0.1) is 0 Å². The lowest BCUT2D eigenvalue weighted by Gasteiger charge is -2.28. The van der Waals surface area contributed by atoms with E-state index in [0.717, 1.165) is 10.6 Å². The Balaban J connectivity index is 1.55. The highest BCUT2D eigenvalue weighted by Crippen LogP contribution is 2.25. The van der Waals surface area contributed by atoms with E-state index in [1.807, 2.05) is 0 Å². The number of hydrogen-bond acceptors (Lipinski definition) is 8. The topological polar surface area (TPSA) is 132 Å². The average molecular weight is 542 g/mol. The number of nitrogens with zero attached hydrogens (tertiary/aromatic N) is 2. The van der Waals surface area contributed by atoms with Gasteiger partial charge in [-0.3, -0.25) is 9.10 Å². The van der Waals surface area contributed by atoms with Crippen LogP contribution in [0.4, 0.5) is 5.69 Å². The molecular formula is C23H31N3O8S2. The number of hydrogen-bond donors (Lipinski definition) is 1. The minimum absolute atomic E-state index is 0.103. The summed E-state index contributed by atoms with van der Waals surface area (Å²) in [5, 5.41) is 2.67. The van der Waals surface area contributed by atoms with Crippen molar-refractivity contribution in [3.8, 4) is 11.5 Å². The van der Waals surface area contributed by atoms with Gasteiger partial charge in [-0.25, -0.2) is 16.8 Å². The molecule has 1 atom stereocenters. The normalized spacial score (nSPS) is 15.6. The number of amides is 1. The molecule has 1 heterocycles. The van der Waals surface area contributed by atoms with E-state index in [2.05, 4.69) is 5.32 Å². The first-order chi connectivity index (χ1) is 17.0. The van der Waals surface area contributed by atoms with Crippen molar-refractivity contribution in [3.05, 3.63) is 48.5 Å². The first-order valence-corrected chi connectivity index (χ1v) is 14.5. The molecule has 0 aliphatic carbocycles. The third-order valence-electron chi connectivity index (χ3n) is 5.50. The average Bonchev–Trinajstić information content (AvgIpc) is 2.86. The second kappa shape index (κ2) is 11.9. The molecule has 198 valence electrons.